The summed E-state index contributed by atoms with van der Waals surface area (Å²) in [5, 5.41) is 8.07. The molecule has 0 rings (SSSR count). The predicted octanol–water partition coefficient (Wildman–Crippen LogP) is -0.134. The molecule has 1 unspecified atom stereocenters. The molecule has 0 saturated heterocycles. The van der Waals surface area contributed by atoms with Crippen LogP contribution in [0.25, 0.3) is 0 Å². The molecule has 0 bridgehead atoms. The molecule has 0 aliphatic carbocycles. The first-order chi connectivity index (χ1) is 3.31. The normalized spacial score (nSPS) is 12.7. The molecule has 40 valence electrons. The predicted molar refractivity (Wildman–Crippen MR) is 29.6 cm³/mol. The molecule has 0 amide bonds. The van der Waals surface area contributed by atoms with Gasteiger partial charge in [0.1, 0.15) is 0 Å². The molecule has 0 aromatic heterocycles. The number of hydrogen-bond acceptors (Lipinski definition) is 2. The van der Waals surface area contributed by atoms with Crippen LogP contribution in [0.3, 0.4) is 0 Å². The van der Waals surface area contributed by atoms with Crippen LogP contribution < -0.4 is 5.73 Å². The Kier molecular flexibility index (Phi) is 4.12. The summed E-state index contributed by atoms with van der Waals surface area (Å²) in [4.78, 5) is 2.21. The van der Waals surface area contributed by atoms with E-state index in [1.54, 1.807) is 0 Å². The monoisotopic (exact) mass is 164 g/mol. The second-order valence-corrected chi connectivity index (χ2v) is 3.30. The van der Waals surface area contributed by atoms with Gasteiger partial charge in [-0.2, -0.15) is 0 Å². The van der Waals surface area contributed by atoms with Gasteiger partial charge in [0.05, 0.1) is 0 Å². The average Bonchev–Trinajstić information content (AvgIpc) is 1.68. The summed E-state index contributed by atoms with van der Waals surface area (Å²) in [6, 6.07) is 0. The van der Waals surface area contributed by atoms with Crippen molar-refractivity contribution in [3.63, 3.8) is 0 Å². The minimum absolute atomic E-state index is 0.00868. The Bertz CT molecular complexity index is 76.2. The van der Waals surface area contributed by atoms with Gasteiger partial charge >= 0.3 is 49.2 Å². The van der Waals surface area contributed by atoms with Gasteiger partial charge in [-0.3, -0.25) is 0 Å². The van der Waals surface area contributed by atoms with Gasteiger partial charge in [0.15, 0.2) is 0 Å². The van der Waals surface area contributed by atoms with Gasteiger partial charge in [-0.25, -0.2) is 0 Å². The third-order valence-corrected chi connectivity index (χ3v) is 2.16. The van der Waals surface area contributed by atoms with Gasteiger partial charge in [0.2, 0.25) is 0 Å². The molecule has 0 saturated carbocycles. The van der Waals surface area contributed by atoms with Crippen molar-refractivity contribution in [2.75, 3.05) is 0 Å². The molecular weight excluding hydrogens is 155 g/mol. The third-order valence-electron chi connectivity index (χ3n) is 0.606. The van der Waals surface area contributed by atoms with Crippen molar-refractivity contribution >= 4 is 15.0 Å². The van der Waals surface area contributed by atoms with Crippen LogP contribution in [0.1, 0.15) is 13.3 Å². The van der Waals surface area contributed by atoms with Gasteiger partial charge in [0, 0.05) is 0 Å². The maximum absolute atomic E-state index is 8.07. The SMILES string of the molecule is CCC(N)[Se]C#N. The molecular formula is C4H8N2Se. The van der Waals surface area contributed by atoms with Crippen molar-refractivity contribution in [3.8, 4) is 4.97 Å². The fourth-order valence-corrected chi connectivity index (χ4v) is 0.785. The van der Waals surface area contributed by atoms with Crippen LogP contribution in [-0.2, 0) is 0 Å². The summed E-state index contributed by atoms with van der Waals surface area (Å²) < 4.78 is 0. The Labute approximate surface area is 49.8 Å². The fourth-order valence-electron chi connectivity index (χ4n) is 0.151. The Balaban J connectivity index is 3.03. The zero-order chi connectivity index (χ0) is 5.70. The molecule has 0 radical (unpaired) electrons. The molecule has 0 aliphatic rings. The summed E-state index contributed by atoms with van der Waals surface area (Å²) >= 11 is 0.00868. The third kappa shape index (κ3) is 3.81. The van der Waals surface area contributed by atoms with E-state index in [1.807, 2.05) is 6.92 Å². The average molecular weight is 163 g/mol. The molecule has 0 aliphatic heterocycles. The van der Waals surface area contributed by atoms with Crippen molar-refractivity contribution in [2.45, 2.75) is 18.3 Å². The first-order valence-electron chi connectivity index (χ1n) is 2.11. The number of nitrogens with two attached hydrogens (primary N) is 1. The molecule has 0 aromatic carbocycles. The Morgan fingerprint density at radius 1 is 2.00 bits per heavy atom. The minimum atomic E-state index is 0.00868. The van der Waals surface area contributed by atoms with E-state index in [4.69, 9.17) is 11.0 Å². The van der Waals surface area contributed by atoms with E-state index in [0.717, 1.165) is 6.42 Å². The van der Waals surface area contributed by atoms with Crippen LogP contribution >= 0.6 is 0 Å². The van der Waals surface area contributed by atoms with E-state index >= 15 is 0 Å². The summed E-state index contributed by atoms with van der Waals surface area (Å²) in [5.74, 6) is 0. The molecule has 0 aromatic rings. The van der Waals surface area contributed by atoms with Crippen molar-refractivity contribution < 1.29 is 0 Å². The quantitative estimate of drug-likeness (QED) is 0.576. The fraction of sp³-hybridized carbons (Fsp3) is 0.750. The van der Waals surface area contributed by atoms with Gasteiger partial charge in [0.25, 0.3) is 0 Å². The summed E-state index contributed by atoms with van der Waals surface area (Å²) in [5.41, 5.74) is 5.39. The van der Waals surface area contributed by atoms with Crippen LogP contribution in [-0.4, -0.2) is 19.9 Å². The molecule has 2 nitrogen and oxygen atoms in total. The topological polar surface area (TPSA) is 49.8 Å². The van der Waals surface area contributed by atoms with Crippen molar-refractivity contribution in [2.24, 2.45) is 5.73 Å². The molecule has 0 spiro atoms. The molecule has 0 heterocycles. The van der Waals surface area contributed by atoms with Crippen LogP contribution in [0.4, 0.5) is 0 Å². The number of hydrogen-bond donors (Lipinski definition) is 1. The van der Waals surface area contributed by atoms with E-state index in [-0.39, 0.29) is 19.9 Å². The Morgan fingerprint density at radius 2 is 2.57 bits per heavy atom. The standard InChI is InChI=1S/C4H8N2Se/c1-2-4(6)7-3-5/h4H,2,6H2,1H3. The van der Waals surface area contributed by atoms with Crippen LogP contribution in [0.15, 0.2) is 0 Å². The van der Waals surface area contributed by atoms with E-state index in [2.05, 4.69) is 4.97 Å². The van der Waals surface area contributed by atoms with Gasteiger partial charge in [-0.1, -0.05) is 0 Å². The van der Waals surface area contributed by atoms with E-state index < -0.39 is 0 Å². The molecule has 2 N–H and O–H groups in total. The van der Waals surface area contributed by atoms with E-state index in [9.17, 15) is 0 Å². The van der Waals surface area contributed by atoms with Gasteiger partial charge in [-0.05, 0) is 0 Å². The molecule has 7 heavy (non-hydrogen) atoms. The van der Waals surface area contributed by atoms with Gasteiger partial charge in [-0.15, -0.1) is 0 Å². The summed E-state index contributed by atoms with van der Waals surface area (Å²) in [6.07, 6.45) is 0.924. The first-order valence-corrected chi connectivity index (χ1v) is 3.96. The molecule has 0 fully saturated rings. The van der Waals surface area contributed by atoms with Crippen LogP contribution in [0.2, 0.25) is 0 Å². The zero-order valence-corrected chi connectivity index (χ0v) is 5.93. The molecule has 3 heteroatoms. The van der Waals surface area contributed by atoms with E-state index in [0.29, 0.717) is 0 Å². The van der Waals surface area contributed by atoms with E-state index in [1.165, 1.54) is 0 Å². The number of nitriles is 1. The number of rotatable bonds is 2. The summed E-state index contributed by atoms with van der Waals surface area (Å²) in [7, 11) is 0. The van der Waals surface area contributed by atoms with Crippen molar-refractivity contribution in [1.82, 2.24) is 0 Å². The second kappa shape index (κ2) is 4.14. The second-order valence-electron chi connectivity index (χ2n) is 1.16. The maximum atomic E-state index is 8.07. The van der Waals surface area contributed by atoms with Crippen molar-refractivity contribution in [1.29, 1.82) is 5.26 Å². The number of nitrogens with zero attached hydrogens (tertiary/aromatic N) is 1. The zero-order valence-electron chi connectivity index (χ0n) is 4.22. The Morgan fingerprint density at radius 3 is 2.71 bits per heavy atom. The van der Waals surface area contributed by atoms with Gasteiger partial charge < -0.3 is 0 Å². The molecule has 1 atom stereocenters. The first kappa shape index (κ1) is 6.97. The Hall–Kier alpha value is -0.0305. The van der Waals surface area contributed by atoms with Crippen LogP contribution in [0, 0.1) is 10.2 Å². The van der Waals surface area contributed by atoms with Crippen LogP contribution in [0.5, 0.6) is 0 Å². The van der Waals surface area contributed by atoms with Crippen molar-refractivity contribution in [3.05, 3.63) is 0 Å². The summed E-state index contributed by atoms with van der Waals surface area (Å²) in [6.45, 7) is 1.99.